The third kappa shape index (κ3) is 7.95. The summed E-state index contributed by atoms with van der Waals surface area (Å²) in [6.45, 7) is 9.43. The molecular weight excluding hydrogens is 516 g/mol. The van der Waals surface area contributed by atoms with Crippen LogP contribution in [0.3, 0.4) is 0 Å². The van der Waals surface area contributed by atoms with Crippen LogP contribution in [-0.2, 0) is 19.2 Å². The number of aryl methyl sites for hydroxylation is 1. The fourth-order valence-corrected chi connectivity index (χ4v) is 5.57. The summed E-state index contributed by atoms with van der Waals surface area (Å²) in [4.78, 5) is 56.9. The van der Waals surface area contributed by atoms with Crippen molar-refractivity contribution >= 4 is 35.3 Å². The highest BCUT2D eigenvalue weighted by Crippen LogP contribution is 2.29. The lowest BCUT2D eigenvalue weighted by molar-refractivity contribution is -0.144. The van der Waals surface area contributed by atoms with Crippen LogP contribution in [0.4, 0.5) is 0 Å². The van der Waals surface area contributed by atoms with Crippen LogP contribution in [0.5, 0.6) is 0 Å². The number of thiazole rings is 1. The summed E-state index contributed by atoms with van der Waals surface area (Å²) in [7, 11) is 0. The van der Waals surface area contributed by atoms with Gasteiger partial charge in [0, 0.05) is 25.8 Å². The molecule has 9 nitrogen and oxygen atoms in total. The van der Waals surface area contributed by atoms with E-state index in [9.17, 15) is 24.3 Å². The summed E-state index contributed by atoms with van der Waals surface area (Å²) in [6, 6.07) is 5.92. The number of hydrogen-bond acceptors (Lipinski definition) is 7. The zero-order valence-corrected chi connectivity index (χ0v) is 24.2. The minimum Gasteiger partial charge on any atom is -0.391 e. The van der Waals surface area contributed by atoms with Gasteiger partial charge in [-0.05, 0) is 43.2 Å². The predicted octanol–water partition coefficient (Wildman–Crippen LogP) is 3.55. The number of amides is 3. The fraction of sp³-hybridized carbons (Fsp3) is 0.552. The number of aliphatic hydroxyl groups excluding tert-OH is 1. The summed E-state index contributed by atoms with van der Waals surface area (Å²) in [5.74, 6) is -1.01. The van der Waals surface area contributed by atoms with E-state index in [0.29, 0.717) is 19.3 Å². The van der Waals surface area contributed by atoms with Crippen LogP contribution in [0, 0.1) is 12.3 Å². The highest BCUT2D eigenvalue weighted by atomic mass is 32.1. The first-order valence-corrected chi connectivity index (χ1v) is 14.3. The second kappa shape index (κ2) is 13.3. The average molecular weight is 557 g/mol. The van der Waals surface area contributed by atoms with E-state index in [0.717, 1.165) is 28.0 Å². The second-order valence-electron chi connectivity index (χ2n) is 11.3. The van der Waals surface area contributed by atoms with Crippen LogP contribution >= 0.6 is 11.3 Å². The van der Waals surface area contributed by atoms with Crippen molar-refractivity contribution in [3.63, 3.8) is 0 Å². The highest BCUT2D eigenvalue weighted by molar-refractivity contribution is 7.13. The van der Waals surface area contributed by atoms with Gasteiger partial charge in [-0.1, -0.05) is 45.0 Å². The molecule has 0 bridgehead atoms. The SMILES string of the molecule is Cc1ncsc1-c1ccc([C@H](C)NC(=O)[C@@H]2C[C@@H](O)CN2C(=O)C(NC(=O)CCCCC=O)C(C)(C)C)cc1. The van der Waals surface area contributed by atoms with Crippen molar-refractivity contribution in [2.24, 2.45) is 5.41 Å². The van der Waals surface area contributed by atoms with Crippen molar-refractivity contribution in [2.45, 2.75) is 91.0 Å². The van der Waals surface area contributed by atoms with E-state index in [-0.39, 0.29) is 37.2 Å². The van der Waals surface area contributed by atoms with E-state index in [1.54, 1.807) is 11.3 Å². The Morgan fingerprint density at radius 3 is 2.46 bits per heavy atom. The minimum atomic E-state index is -0.864. The van der Waals surface area contributed by atoms with Gasteiger partial charge in [-0.3, -0.25) is 14.4 Å². The number of hydrogen-bond donors (Lipinski definition) is 3. The molecule has 39 heavy (non-hydrogen) atoms. The van der Waals surface area contributed by atoms with Gasteiger partial charge in [-0.25, -0.2) is 4.98 Å². The Balaban J connectivity index is 1.68. The van der Waals surface area contributed by atoms with E-state index >= 15 is 0 Å². The summed E-state index contributed by atoms with van der Waals surface area (Å²) in [5, 5.41) is 16.2. The van der Waals surface area contributed by atoms with Crippen molar-refractivity contribution in [1.29, 1.82) is 0 Å². The fourth-order valence-electron chi connectivity index (χ4n) is 4.76. The molecule has 0 saturated carbocycles. The number of β-amino-alcohol motifs (C(OH)–C–C–N with tert-alkyl or cyclic N) is 1. The number of nitrogens with zero attached hydrogens (tertiary/aromatic N) is 2. The number of rotatable bonds is 11. The van der Waals surface area contributed by atoms with Crippen LogP contribution in [0.1, 0.15) is 77.1 Å². The van der Waals surface area contributed by atoms with Crippen LogP contribution in [0.25, 0.3) is 10.4 Å². The first-order chi connectivity index (χ1) is 18.4. The Morgan fingerprint density at radius 2 is 1.87 bits per heavy atom. The molecule has 1 aromatic heterocycles. The molecule has 0 radical (unpaired) electrons. The maximum atomic E-state index is 13.7. The first kappa shape index (κ1) is 30.4. The lowest BCUT2D eigenvalue weighted by Crippen LogP contribution is -2.57. The second-order valence-corrected chi connectivity index (χ2v) is 12.1. The van der Waals surface area contributed by atoms with Gasteiger partial charge in [0.1, 0.15) is 18.4 Å². The lowest BCUT2D eigenvalue weighted by Gasteiger charge is -2.35. The molecular formula is C29H40N4O5S. The first-order valence-electron chi connectivity index (χ1n) is 13.4. The monoisotopic (exact) mass is 556 g/mol. The molecule has 1 saturated heterocycles. The molecule has 212 valence electrons. The van der Waals surface area contributed by atoms with E-state index in [4.69, 9.17) is 0 Å². The Bertz CT molecular complexity index is 1160. The summed E-state index contributed by atoms with van der Waals surface area (Å²) in [6.07, 6.45) is 1.88. The van der Waals surface area contributed by atoms with E-state index in [2.05, 4.69) is 15.6 Å². The minimum absolute atomic E-state index is 0.0238. The molecule has 3 rings (SSSR count). The maximum absolute atomic E-state index is 13.7. The molecule has 10 heteroatoms. The van der Waals surface area contributed by atoms with E-state index in [1.807, 2.05) is 64.4 Å². The van der Waals surface area contributed by atoms with Crippen molar-refractivity contribution < 1.29 is 24.3 Å². The molecule has 1 unspecified atom stereocenters. The lowest BCUT2D eigenvalue weighted by atomic mass is 9.85. The summed E-state index contributed by atoms with van der Waals surface area (Å²) in [5.41, 5.74) is 4.15. The van der Waals surface area contributed by atoms with Gasteiger partial charge in [0.05, 0.1) is 28.2 Å². The standard InChI is InChI=1S/C29H40N4O5S/c1-18(20-10-12-21(13-11-20)25-19(2)30-17-39-25)31-27(37)23-15-22(35)16-33(23)28(38)26(29(3,4)5)32-24(36)9-7-6-8-14-34/h10-14,17-18,22-23,26,35H,6-9,15-16H2,1-5H3,(H,31,37)(H,32,36)/t18-,22+,23-,26?/m0/s1. The third-order valence-corrected chi connectivity index (χ3v) is 8.01. The van der Waals surface area contributed by atoms with Crippen LogP contribution in [0.2, 0.25) is 0 Å². The smallest absolute Gasteiger partial charge is 0.246 e. The van der Waals surface area contributed by atoms with Crippen LogP contribution in [0.15, 0.2) is 29.8 Å². The van der Waals surface area contributed by atoms with Crippen LogP contribution < -0.4 is 10.6 Å². The quantitative estimate of drug-likeness (QED) is 0.287. The number of nitrogens with one attached hydrogen (secondary N) is 2. The molecule has 1 fully saturated rings. The summed E-state index contributed by atoms with van der Waals surface area (Å²) >= 11 is 1.58. The average Bonchev–Trinajstić information content (AvgIpc) is 3.49. The Labute approximate surface area is 234 Å². The van der Waals surface area contributed by atoms with Gasteiger partial charge in [0.25, 0.3) is 0 Å². The van der Waals surface area contributed by atoms with E-state index in [1.165, 1.54) is 4.90 Å². The number of carbonyl (C=O) groups excluding carboxylic acids is 4. The van der Waals surface area contributed by atoms with Gasteiger partial charge < -0.3 is 25.4 Å². The Kier molecular flexibility index (Phi) is 10.4. The zero-order chi connectivity index (χ0) is 28.7. The van der Waals surface area contributed by atoms with Crippen molar-refractivity contribution in [1.82, 2.24) is 20.5 Å². The van der Waals surface area contributed by atoms with Gasteiger partial charge in [0.15, 0.2) is 0 Å². The number of likely N-dealkylation sites (tertiary alicyclic amines) is 1. The number of benzene rings is 1. The Hall–Kier alpha value is -3.11. The molecule has 2 aromatic rings. The number of aliphatic hydroxyl groups is 1. The number of aromatic nitrogens is 1. The van der Waals surface area contributed by atoms with Crippen molar-refractivity contribution in [3.05, 3.63) is 41.0 Å². The number of aldehydes is 1. The normalized spacial score (nSPS) is 18.9. The Morgan fingerprint density at radius 1 is 1.18 bits per heavy atom. The van der Waals surface area contributed by atoms with Crippen molar-refractivity contribution in [2.75, 3.05) is 6.54 Å². The molecule has 1 aliphatic heterocycles. The third-order valence-electron chi connectivity index (χ3n) is 7.04. The van der Waals surface area contributed by atoms with Gasteiger partial charge >= 0.3 is 0 Å². The molecule has 3 amide bonds. The molecule has 3 N–H and O–H groups in total. The maximum Gasteiger partial charge on any atom is 0.246 e. The van der Waals surface area contributed by atoms with Gasteiger partial charge in [-0.15, -0.1) is 11.3 Å². The highest BCUT2D eigenvalue weighted by Gasteiger charge is 2.44. The molecule has 4 atom stereocenters. The summed E-state index contributed by atoms with van der Waals surface area (Å²) < 4.78 is 0. The molecule has 0 spiro atoms. The molecule has 0 aliphatic carbocycles. The zero-order valence-electron chi connectivity index (χ0n) is 23.4. The predicted molar refractivity (Wildman–Crippen MR) is 151 cm³/mol. The molecule has 1 aromatic carbocycles. The van der Waals surface area contributed by atoms with E-state index < -0.39 is 29.5 Å². The van der Waals surface area contributed by atoms with Crippen LogP contribution in [-0.4, -0.2) is 63.7 Å². The van der Waals surface area contributed by atoms with Gasteiger partial charge in [-0.2, -0.15) is 0 Å². The van der Waals surface area contributed by atoms with Crippen molar-refractivity contribution in [3.8, 4) is 10.4 Å². The number of carbonyl (C=O) groups is 4. The number of unbranched alkanes of at least 4 members (excludes halogenated alkanes) is 2. The molecule has 2 heterocycles. The molecule has 1 aliphatic rings. The van der Waals surface area contributed by atoms with Gasteiger partial charge in [0.2, 0.25) is 17.7 Å². The topological polar surface area (TPSA) is 129 Å². The largest absolute Gasteiger partial charge is 0.391 e.